The lowest BCUT2D eigenvalue weighted by Gasteiger charge is -2.53. The number of rotatable bonds is 7. The molecule has 5 rings (SSSR count). The molecule has 9 nitrogen and oxygen atoms in total. The highest BCUT2D eigenvalue weighted by atomic mass is 19.3. The number of nitrogens with one attached hydrogen (secondary N) is 2. The summed E-state index contributed by atoms with van der Waals surface area (Å²) in [6.07, 6.45) is 6.82. The van der Waals surface area contributed by atoms with Crippen LogP contribution < -0.4 is 5.32 Å². The Balaban J connectivity index is 0.000000178. The largest absolute Gasteiger partial charge is 0.667 e. The minimum absolute atomic E-state index is 0.351. The van der Waals surface area contributed by atoms with Gasteiger partial charge in [0, 0.05) is 49.8 Å². The predicted octanol–water partition coefficient (Wildman–Crippen LogP) is 3.47. The second-order valence-corrected chi connectivity index (χ2v) is 10.7. The molecule has 4 aliphatic rings. The Bertz CT molecular complexity index is 977. The number of hydrogen-bond donors (Lipinski definition) is 2. The summed E-state index contributed by atoms with van der Waals surface area (Å²) in [5.41, 5.74) is 7.33. The Kier molecular flexibility index (Phi) is 7.48. The highest BCUT2D eigenvalue weighted by Gasteiger charge is 2.48. The van der Waals surface area contributed by atoms with Crippen LogP contribution in [0.5, 0.6) is 0 Å². The third-order valence-electron chi connectivity index (χ3n) is 7.58. The number of pyridine rings is 1. The van der Waals surface area contributed by atoms with Crippen molar-refractivity contribution in [2.24, 2.45) is 5.41 Å². The van der Waals surface area contributed by atoms with Crippen molar-refractivity contribution in [2.45, 2.75) is 74.9 Å². The summed E-state index contributed by atoms with van der Waals surface area (Å²) in [6, 6.07) is 4.29. The lowest BCUT2D eigenvalue weighted by Crippen LogP contribution is -2.61. The molecular formula is C25H33F2N6O3-. The molecule has 1 spiro atoms. The van der Waals surface area contributed by atoms with Crippen molar-refractivity contribution in [2.75, 3.05) is 26.2 Å². The maximum atomic E-state index is 13.9. The van der Waals surface area contributed by atoms with E-state index in [0.29, 0.717) is 23.8 Å². The molecular weight excluding hydrogens is 470 g/mol. The van der Waals surface area contributed by atoms with Gasteiger partial charge in [0.15, 0.2) is 0 Å². The standard InChI is InChI=1S/C14H15F2N4O.C11H18N2O2/c15-14(16,6-10-2-1-5-19-8-10)7-11(18)12(21)20-13(9-17)3-4-13;14-10(15)13-7-11(8-13)3-5-12(6-4-11)9-1-2-9/h1-2,5,8,11,18H,3-4,6-7H2,(H,20,21);9H,1-8H2,(H,14,15)/q-1;/t11-;/m0./s1. The Morgan fingerprint density at radius 2 is 1.94 bits per heavy atom. The molecule has 1 aromatic heterocycles. The molecule has 2 saturated carbocycles. The van der Waals surface area contributed by atoms with Crippen LogP contribution in [-0.2, 0) is 11.2 Å². The number of nitriles is 1. The minimum Gasteiger partial charge on any atom is -0.667 e. The van der Waals surface area contributed by atoms with Gasteiger partial charge in [-0.15, -0.1) is 0 Å². The lowest BCUT2D eigenvalue weighted by molar-refractivity contribution is -0.124. The first-order valence-corrected chi connectivity index (χ1v) is 12.5. The van der Waals surface area contributed by atoms with Crippen LogP contribution >= 0.6 is 0 Å². The zero-order chi connectivity index (χ0) is 26.0. The number of alkyl halides is 2. The van der Waals surface area contributed by atoms with E-state index in [0.717, 1.165) is 19.1 Å². The van der Waals surface area contributed by atoms with Gasteiger partial charge in [0.25, 0.3) is 5.92 Å². The first kappa shape index (κ1) is 26.2. The molecule has 4 fully saturated rings. The maximum absolute atomic E-state index is 13.9. The fraction of sp³-hybridized carbons (Fsp3) is 0.680. The molecule has 0 bridgehead atoms. The number of carboxylic acid groups (broad SMARTS) is 1. The van der Waals surface area contributed by atoms with Gasteiger partial charge in [-0.2, -0.15) is 5.26 Å². The van der Waals surface area contributed by atoms with Crippen LogP contribution in [0.25, 0.3) is 5.73 Å². The average Bonchev–Trinajstić information content (AvgIpc) is 3.74. The van der Waals surface area contributed by atoms with E-state index in [1.54, 1.807) is 11.0 Å². The molecule has 1 aromatic rings. The van der Waals surface area contributed by atoms with Crippen molar-refractivity contribution in [1.29, 1.82) is 5.26 Å². The summed E-state index contributed by atoms with van der Waals surface area (Å²) in [4.78, 5) is 30.3. The first-order valence-electron chi connectivity index (χ1n) is 12.5. The summed E-state index contributed by atoms with van der Waals surface area (Å²) >= 11 is 0. The van der Waals surface area contributed by atoms with Crippen molar-refractivity contribution >= 4 is 12.0 Å². The predicted molar refractivity (Wildman–Crippen MR) is 127 cm³/mol. The quantitative estimate of drug-likeness (QED) is 0.585. The highest BCUT2D eigenvalue weighted by Crippen LogP contribution is 2.42. The Hall–Kier alpha value is -2.84. The molecule has 2 amide bonds. The zero-order valence-corrected chi connectivity index (χ0v) is 20.3. The Morgan fingerprint density at radius 1 is 1.28 bits per heavy atom. The van der Waals surface area contributed by atoms with Gasteiger partial charge in [-0.3, -0.25) is 9.78 Å². The summed E-state index contributed by atoms with van der Waals surface area (Å²) in [5, 5.41) is 20.0. The zero-order valence-electron chi connectivity index (χ0n) is 20.3. The van der Waals surface area contributed by atoms with Gasteiger partial charge in [-0.05, 0) is 63.2 Å². The molecule has 0 unspecified atom stereocenters. The van der Waals surface area contributed by atoms with Crippen LogP contribution in [0.4, 0.5) is 13.6 Å². The summed E-state index contributed by atoms with van der Waals surface area (Å²) < 4.78 is 27.7. The number of halogens is 2. The van der Waals surface area contributed by atoms with Gasteiger partial charge < -0.3 is 26.0 Å². The molecule has 3 N–H and O–H groups in total. The number of hydrogen-bond acceptors (Lipinski definition) is 5. The van der Waals surface area contributed by atoms with Crippen molar-refractivity contribution in [3.63, 3.8) is 0 Å². The number of carbonyl (C=O) groups excluding carboxylic acids is 1. The van der Waals surface area contributed by atoms with E-state index in [9.17, 15) is 18.4 Å². The molecule has 1 atom stereocenters. The topological polar surface area (TPSA) is 133 Å². The van der Waals surface area contributed by atoms with Crippen molar-refractivity contribution in [1.82, 2.24) is 20.1 Å². The SMILES string of the molecule is N#CC1(NC(=O)[C@@H]([NH-])CC(F)(F)Cc2cccnc2)CC1.O=C(O)N1CC2(CCN(C3CC3)CC2)C1. The number of aromatic nitrogens is 1. The van der Waals surface area contributed by atoms with Gasteiger partial charge in [0.05, 0.1) is 6.07 Å². The Labute approximate surface area is 209 Å². The molecule has 3 heterocycles. The maximum Gasteiger partial charge on any atom is 0.407 e. The molecule has 2 saturated heterocycles. The van der Waals surface area contributed by atoms with Crippen molar-refractivity contribution in [3.8, 4) is 6.07 Å². The van der Waals surface area contributed by atoms with E-state index in [2.05, 4.69) is 15.2 Å². The lowest BCUT2D eigenvalue weighted by atomic mass is 9.72. The van der Waals surface area contributed by atoms with Crippen LogP contribution in [0.1, 0.15) is 50.5 Å². The number of amides is 2. The smallest absolute Gasteiger partial charge is 0.407 e. The third-order valence-corrected chi connectivity index (χ3v) is 7.58. The Morgan fingerprint density at radius 3 is 2.44 bits per heavy atom. The minimum atomic E-state index is -3.17. The average molecular weight is 504 g/mol. The number of carbonyl (C=O) groups is 2. The molecule has 0 aromatic carbocycles. The first-order chi connectivity index (χ1) is 17.0. The van der Waals surface area contributed by atoms with Crippen molar-refractivity contribution < 1.29 is 23.5 Å². The molecule has 196 valence electrons. The molecule has 0 radical (unpaired) electrons. The fourth-order valence-corrected chi connectivity index (χ4v) is 5.00. The normalized spacial score (nSPS) is 22.9. The van der Waals surface area contributed by atoms with Gasteiger partial charge in [-0.1, -0.05) is 12.1 Å². The van der Waals surface area contributed by atoms with Crippen molar-refractivity contribution in [3.05, 3.63) is 35.8 Å². The van der Waals surface area contributed by atoms with Crippen LogP contribution in [0.15, 0.2) is 24.5 Å². The van der Waals surface area contributed by atoms with Gasteiger partial charge in [0.2, 0.25) is 5.91 Å². The van der Waals surface area contributed by atoms with Crippen LogP contribution in [0.2, 0.25) is 0 Å². The van der Waals surface area contributed by atoms with Gasteiger partial charge in [0.1, 0.15) is 5.54 Å². The van der Waals surface area contributed by atoms with E-state index in [1.807, 2.05) is 6.07 Å². The fourth-order valence-electron chi connectivity index (χ4n) is 5.00. The molecule has 2 aliphatic heterocycles. The van der Waals surface area contributed by atoms with Crippen LogP contribution in [-0.4, -0.2) is 81.6 Å². The van der Waals surface area contributed by atoms with Gasteiger partial charge in [-0.25, -0.2) is 13.6 Å². The van der Waals surface area contributed by atoms with E-state index in [4.69, 9.17) is 16.1 Å². The molecule has 36 heavy (non-hydrogen) atoms. The second-order valence-electron chi connectivity index (χ2n) is 10.7. The summed E-state index contributed by atoms with van der Waals surface area (Å²) in [7, 11) is 0. The second kappa shape index (κ2) is 10.3. The van der Waals surface area contributed by atoms with Crippen LogP contribution in [0, 0.1) is 16.7 Å². The number of likely N-dealkylation sites (tertiary alicyclic amines) is 2. The van der Waals surface area contributed by atoms with E-state index in [-0.39, 0.29) is 0 Å². The molecule has 11 heteroatoms. The third kappa shape index (κ3) is 6.68. The summed E-state index contributed by atoms with van der Waals surface area (Å²) in [5.74, 6) is -3.99. The van der Waals surface area contributed by atoms with E-state index >= 15 is 0 Å². The summed E-state index contributed by atoms with van der Waals surface area (Å²) in [6.45, 7) is 3.94. The number of piperidine rings is 1. The van der Waals surface area contributed by atoms with E-state index in [1.165, 1.54) is 57.2 Å². The monoisotopic (exact) mass is 503 g/mol. The number of nitrogens with zero attached hydrogens (tertiary/aromatic N) is 4. The van der Waals surface area contributed by atoms with E-state index < -0.39 is 42.3 Å². The molecule has 2 aliphatic carbocycles. The highest BCUT2D eigenvalue weighted by molar-refractivity contribution is 5.84. The van der Waals surface area contributed by atoms with Gasteiger partial charge >= 0.3 is 6.09 Å². The van der Waals surface area contributed by atoms with Crippen LogP contribution in [0.3, 0.4) is 0 Å².